The molecule has 0 radical (unpaired) electrons. The molecule has 2 aliphatic heterocycles. The molecule has 16 nitrogen and oxygen atoms in total. The van der Waals surface area contributed by atoms with E-state index in [-0.39, 0.29) is 39.3 Å². The zero-order chi connectivity index (χ0) is 34.7. The lowest BCUT2D eigenvalue weighted by atomic mass is 9.81. The smallest absolute Gasteiger partial charge is 0.302 e. The summed E-state index contributed by atoms with van der Waals surface area (Å²) in [6.07, 6.45) is -16.0. The quantitative estimate of drug-likeness (QED) is 0.146. The van der Waals surface area contributed by atoms with Crippen LogP contribution in [0.25, 0.3) is 0 Å². The number of esters is 1. The average Bonchev–Trinajstić information content (AvgIpc) is 3.01. The fraction of sp³-hybridized carbons (Fsp3) is 0.484. The summed E-state index contributed by atoms with van der Waals surface area (Å²) in [5, 5.41) is 74.9. The van der Waals surface area contributed by atoms with Crippen molar-refractivity contribution in [1.82, 2.24) is 0 Å². The van der Waals surface area contributed by atoms with Crippen molar-refractivity contribution >= 4 is 23.3 Å². The van der Waals surface area contributed by atoms with E-state index < -0.39 is 96.6 Å². The maximum Gasteiger partial charge on any atom is 0.302 e. The highest BCUT2D eigenvalue weighted by Gasteiger charge is 2.61. The Hall–Kier alpha value is -4.00. The van der Waals surface area contributed by atoms with Crippen molar-refractivity contribution in [3.8, 4) is 17.2 Å². The number of aliphatic hydroxyl groups excluding tert-OH is 4. The summed E-state index contributed by atoms with van der Waals surface area (Å²) in [4.78, 5) is 51.1. The molecule has 2 aromatic carbocycles. The third-order valence-electron chi connectivity index (χ3n) is 8.63. The fourth-order valence-corrected chi connectivity index (χ4v) is 5.84. The number of ketones is 3. The number of phenolic OH excluding ortho intramolecular Hbond substituents is 2. The summed E-state index contributed by atoms with van der Waals surface area (Å²) in [5.74, 6) is -4.56. The molecule has 0 amide bonds. The summed E-state index contributed by atoms with van der Waals surface area (Å²) in [5.41, 5.74) is -3.74. The van der Waals surface area contributed by atoms with Gasteiger partial charge in [-0.15, -0.1) is 0 Å². The Balaban J connectivity index is 1.57. The minimum absolute atomic E-state index is 0.0553. The Morgan fingerprint density at radius 1 is 0.894 bits per heavy atom. The topological polar surface area (TPSA) is 256 Å². The van der Waals surface area contributed by atoms with Crippen LogP contribution in [0.15, 0.2) is 24.3 Å². The van der Waals surface area contributed by atoms with Crippen molar-refractivity contribution in [2.45, 2.75) is 88.6 Å². The van der Waals surface area contributed by atoms with Gasteiger partial charge in [-0.25, -0.2) is 0 Å². The number of aromatic hydroxyl groups is 2. The monoisotopic (exact) mass is 662 g/mol. The van der Waals surface area contributed by atoms with Gasteiger partial charge in [0.05, 0.1) is 11.7 Å². The lowest BCUT2D eigenvalue weighted by Gasteiger charge is -2.49. The number of rotatable bonds is 7. The van der Waals surface area contributed by atoms with Gasteiger partial charge in [0, 0.05) is 29.2 Å². The number of ether oxygens (including phenoxy) is 5. The van der Waals surface area contributed by atoms with Crippen LogP contribution in [0.2, 0.25) is 0 Å². The molecular formula is C31H34O16. The molecule has 3 aliphatic rings. The van der Waals surface area contributed by atoms with Crippen LogP contribution in [0.3, 0.4) is 0 Å². The van der Waals surface area contributed by atoms with E-state index in [9.17, 15) is 54.9 Å². The second-order valence-electron chi connectivity index (χ2n) is 11.7. The van der Waals surface area contributed by atoms with E-state index in [2.05, 4.69) is 0 Å². The Bertz CT molecular complexity index is 1620. The number of carbonyl (C=O) groups is 4. The van der Waals surface area contributed by atoms with Gasteiger partial charge in [0.25, 0.3) is 0 Å². The Kier molecular flexibility index (Phi) is 9.17. The molecule has 7 N–H and O–H groups in total. The maximum atomic E-state index is 13.4. The summed E-state index contributed by atoms with van der Waals surface area (Å²) in [7, 11) is 0. The largest absolute Gasteiger partial charge is 0.508 e. The molecule has 0 aromatic heterocycles. The maximum absolute atomic E-state index is 13.4. The van der Waals surface area contributed by atoms with Gasteiger partial charge < -0.3 is 59.4 Å². The Morgan fingerprint density at radius 3 is 2.21 bits per heavy atom. The molecule has 254 valence electrons. The minimum Gasteiger partial charge on any atom is -0.508 e. The SMILES string of the molecule is CC(=O)OC[C@H]1O[C@@H](Oc2cc3c(c(O)c2C)C(=O)c2ccc(O)cc2C3=O)[C@H](O[C@@H]2O[C@H](C)[C@@H](O)[C@H](O)[C@@H]2O)[C@@H](O)[C@@]1(O)C(C)=O. The van der Waals surface area contributed by atoms with Crippen LogP contribution in [-0.4, -0.2) is 127 Å². The van der Waals surface area contributed by atoms with E-state index in [1.807, 2.05) is 0 Å². The normalized spacial score (nSPS) is 33.5. The molecule has 0 spiro atoms. The molecule has 0 unspecified atom stereocenters. The molecular weight excluding hydrogens is 628 g/mol. The predicted molar refractivity (Wildman–Crippen MR) is 153 cm³/mol. The second-order valence-corrected chi connectivity index (χ2v) is 11.7. The number of fused-ring (bicyclic) bond motifs is 2. The van der Waals surface area contributed by atoms with E-state index in [4.69, 9.17) is 23.7 Å². The summed E-state index contributed by atoms with van der Waals surface area (Å²) >= 11 is 0. The summed E-state index contributed by atoms with van der Waals surface area (Å²) in [6.45, 7) is 3.89. The first-order chi connectivity index (χ1) is 22.0. The summed E-state index contributed by atoms with van der Waals surface area (Å²) in [6, 6.07) is 4.64. The molecule has 2 fully saturated rings. The van der Waals surface area contributed by atoms with Crippen molar-refractivity contribution in [2.75, 3.05) is 6.61 Å². The molecule has 16 heteroatoms. The van der Waals surface area contributed by atoms with Crippen molar-refractivity contribution in [1.29, 1.82) is 0 Å². The number of aliphatic hydroxyl groups is 5. The standard InChI is InChI=1S/C31H34O16/c1-10-18(8-17-20(21(10)35)24(38)15-6-5-14(34)7-16(15)23(17)37)45-30-27(47-29-26(40)25(39)22(36)11(2)44-29)28(41)31(42,12(3)32)19(46-30)9-43-13(4)33/h5-8,11,19,22,25-30,34-36,39-42H,9H2,1-4H3/t11-,19-,22-,25+,26+,27-,28-,29+,30-,31-/m1/s1. The number of hydrogen-bond donors (Lipinski definition) is 7. The second kappa shape index (κ2) is 12.6. The van der Waals surface area contributed by atoms with Crippen LogP contribution >= 0.6 is 0 Å². The van der Waals surface area contributed by atoms with Gasteiger partial charge in [-0.05, 0) is 45.0 Å². The van der Waals surface area contributed by atoms with Crippen molar-refractivity contribution in [3.63, 3.8) is 0 Å². The van der Waals surface area contributed by atoms with Gasteiger partial charge in [-0.1, -0.05) is 0 Å². The lowest BCUT2D eigenvalue weighted by molar-refractivity contribution is -0.364. The van der Waals surface area contributed by atoms with Crippen LogP contribution in [0, 0.1) is 6.92 Å². The molecule has 2 saturated heterocycles. The summed E-state index contributed by atoms with van der Waals surface area (Å²) < 4.78 is 28.0. The highest BCUT2D eigenvalue weighted by atomic mass is 16.8. The predicted octanol–water partition coefficient (Wildman–Crippen LogP) is -1.26. The first-order valence-electron chi connectivity index (χ1n) is 14.5. The number of carbonyl (C=O) groups excluding carboxylic acids is 4. The molecule has 1 aliphatic carbocycles. The van der Waals surface area contributed by atoms with Crippen LogP contribution in [0.5, 0.6) is 17.2 Å². The number of hydrogen-bond acceptors (Lipinski definition) is 16. The van der Waals surface area contributed by atoms with Gasteiger partial charge in [-0.2, -0.15) is 0 Å². The first-order valence-corrected chi connectivity index (χ1v) is 14.5. The van der Waals surface area contributed by atoms with Gasteiger partial charge in [0.15, 0.2) is 35.3 Å². The third-order valence-corrected chi connectivity index (χ3v) is 8.63. The Labute approximate surface area is 266 Å². The zero-order valence-electron chi connectivity index (χ0n) is 25.5. The van der Waals surface area contributed by atoms with E-state index in [1.54, 1.807) is 0 Å². The van der Waals surface area contributed by atoms with Crippen molar-refractivity contribution in [3.05, 3.63) is 52.1 Å². The highest BCUT2D eigenvalue weighted by Crippen LogP contribution is 2.42. The molecule has 47 heavy (non-hydrogen) atoms. The number of benzene rings is 2. The zero-order valence-corrected chi connectivity index (χ0v) is 25.5. The van der Waals surface area contributed by atoms with Crippen LogP contribution in [-0.2, 0) is 28.5 Å². The molecule has 0 saturated carbocycles. The molecule has 10 atom stereocenters. The minimum atomic E-state index is -2.80. The van der Waals surface area contributed by atoms with E-state index in [0.717, 1.165) is 26.0 Å². The fourth-order valence-electron chi connectivity index (χ4n) is 5.84. The van der Waals surface area contributed by atoms with E-state index in [1.165, 1.54) is 26.0 Å². The lowest BCUT2D eigenvalue weighted by Crippen LogP contribution is -2.72. The van der Waals surface area contributed by atoms with Crippen LogP contribution < -0.4 is 4.74 Å². The van der Waals surface area contributed by atoms with E-state index in [0.29, 0.717) is 0 Å². The van der Waals surface area contributed by atoms with Crippen molar-refractivity contribution in [2.24, 2.45) is 0 Å². The average molecular weight is 663 g/mol. The van der Waals surface area contributed by atoms with Crippen LogP contribution in [0.4, 0.5) is 0 Å². The molecule has 2 aromatic rings. The Morgan fingerprint density at radius 2 is 1.57 bits per heavy atom. The van der Waals surface area contributed by atoms with Gasteiger partial charge in [0.1, 0.15) is 54.4 Å². The van der Waals surface area contributed by atoms with Gasteiger partial charge >= 0.3 is 5.97 Å². The van der Waals surface area contributed by atoms with E-state index >= 15 is 0 Å². The number of phenols is 2. The van der Waals surface area contributed by atoms with Crippen LogP contribution in [0.1, 0.15) is 58.2 Å². The van der Waals surface area contributed by atoms with Crippen molar-refractivity contribution < 1.29 is 78.6 Å². The van der Waals surface area contributed by atoms with Gasteiger partial charge in [0.2, 0.25) is 6.29 Å². The number of Topliss-reactive ketones (excluding diaryl/α,β-unsaturated/α-hetero) is 1. The molecule has 2 heterocycles. The molecule has 0 bridgehead atoms. The highest BCUT2D eigenvalue weighted by molar-refractivity contribution is 6.29. The van der Waals surface area contributed by atoms with Gasteiger partial charge in [-0.3, -0.25) is 19.2 Å². The third kappa shape index (κ3) is 5.76. The first kappa shape index (κ1) is 34.3. The molecule has 5 rings (SSSR count).